The first kappa shape index (κ1) is 13.5. The molecule has 0 unspecified atom stereocenters. The summed E-state index contributed by atoms with van der Waals surface area (Å²) in [5, 5.41) is 18.7. The Hall–Kier alpha value is -2.48. The van der Waals surface area contributed by atoms with Gasteiger partial charge in [-0.15, -0.1) is 11.3 Å². The number of aryl methyl sites for hydroxylation is 1. The number of nitrogens with one attached hydrogen (secondary N) is 1. The summed E-state index contributed by atoms with van der Waals surface area (Å²) in [4.78, 5) is 19.1. The maximum Gasteiger partial charge on any atom is 0.355 e. The Morgan fingerprint density at radius 2 is 2.38 bits per heavy atom. The van der Waals surface area contributed by atoms with Gasteiger partial charge in [-0.3, -0.25) is 0 Å². The third kappa shape index (κ3) is 2.84. The van der Waals surface area contributed by atoms with E-state index in [0.29, 0.717) is 13.0 Å². The molecule has 8 heteroatoms. The van der Waals surface area contributed by atoms with E-state index < -0.39 is 5.97 Å². The highest BCUT2D eigenvalue weighted by Gasteiger charge is 2.09. The van der Waals surface area contributed by atoms with Crippen molar-refractivity contribution < 1.29 is 9.90 Å². The second-order valence-electron chi connectivity index (χ2n) is 4.50. The lowest BCUT2D eigenvalue weighted by Crippen LogP contribution is -2.08. The van der Waals surface area contributed by atoms with Crippen molar-refractivity contribution in [3.8, 4) is 0 Å². The van der Waals surface area contributed by atoms with Crippen LogP contribution in [0, 0.1) is 6.92 Å². The molecule has 0 aliphatic heterocycles. The van der Waals surface area contributed by atoms with E-state index in [2.05, 4.69) is 20.4 Å². The number of aromatic nitrogens is 4. The zero-order valence-electron chi connectivity index (χ0n) is 11.3. The van der Waals surface area contributed by atoms with Crippen LogP contribution in [0.1, 0.15) is 21.2 Å². The molecule has 3 aromatic rings. The minimum absolute atomic E-state index is 0.0987. The second-order valence-corrected chi connectivity index (χ2v) is 5.44. The zero-order chi connectivity index (χ0) is 14.8. The number of carboxylic acids is 1. The van der Waals surface area contributed by atoms with Gasteiger partial charge in [-0.1, -0.05) is 0 Å². The molecule has 0 fully saturated rings. The van der Waals surface area contributed by atoms with Crippen molar-refractivity contribution in [1.82, 2.24) is 19.6 Å². The summed E-state index contributed by atoms with van der Waals surface area (Å²) in [6.07, 6.45) is 4.13. The molecule has 7 nitrogen and oxygen atoms in total. The first-order chi connectivity index (χ1) is 10.1. The highest BCUT2D eigenvalue weighted by Crippen LogP contribution is 2.15. The monoisotopic (exact) mass is 303 g/mol. The van der Waals surface area contributed by atoms with Gasteiger partial charge in [0.25, 0.3) is 0 Å². The number of thiazole rings is 1. The van der Waals surface area contributed by atoms with Gasteiger partial charge in [0, 0.05) is 30.7 Å². The van der Waals surface area contributed by atoms with Crippen LogP contribution in [0.25, 0.3) is 5.52 Å². The molecule has 3 aromatic heterocycles. The Kier molecular flexibility index (Phi) is 3.53. The predicted molar refractivity (Wildman–Crippen MR) is 79.0 cm³/mol. The van der Waals surface area contributed by atoms with E-state index in [9.17, 15) is 4.79 Å². The smallest absolute Gasteiger partial charge is 0.355 e. The quantitative estimate of drug-likeness (QED) is 0.747. The maximum absolute atomic E-state index is 10.8. The van der Waals surface area contributed by atoms with Gasteiger partial charge in [0.2, 0.25) is 0 Å². The Morgan fingerprint density at radius 1 is 1.52 bits per heavy atom. The average Bonchev–Trinajstić information content (AvgIpc) is 3.04. The van der Waals surface area contributed by atoms with Crippen LogP contribution in [-0.4, -0.2) is 37.2 Å². The lowest BCUT2D eigenvalue weighted by atomic mass is 10.4. The fourth-order valence-electron chi connectivity index (χ4n) is 1.99. The van der Waals surface area contributed by atoms with Gasteiger partial charge >= 0.3 is 5.97 Å². The fraction of sp³-hybridized carbons (Fsp3) is 0.231. The molecule has 3 rings (SSSR count). The Bertz CT molecular complexity index is 795. The maximum atomic E-state index is 10.8. The molecule has 3 heterocycles. The van der Waals surface area contributed by atoms with Gasteiger partial charge in [-0.2, -0.15) is 5.10 Å². The van der Waals surface area contributed by atoms with E-state index in [1.807, 2.05) is 13.0 Å². The number of rotatable bonds is 5. The molecule has 2 N–H and O–H groups in total. The molecule has 0 aromatic carbocycles. The minimum atomic E-state index is -0.994. The molecule has 0 saturated heterocycles. The third-order valence-electron chi connectivity index (χ3n) is 2.91. The zero-order valence-corrected chi connectivity index (χ0v) is 12.1. The highest BCUT2D eigenvalue weighted by molar-refractivity contribution is 7.09. The van der Waals surface area contributed by atoms with Crippen molar-refractivity contribution in [1.29, 1.82) is 0 Å². The van der Waals surface area contributed by atoms with Gasteiger partial charge in [0.1, 0.15) is 5.52 Å². The lowest BCUT2D eigenvalue weighted by Gasteiger charge is -2.05. The summed E-state index contributed by atoms with van der Waals surface area (Å²) in [5.74, 6) is -0.236. The number of nitrogens with zero attached hydrogens (tertiary/aromatic N) is 4. The highest BCUT2D eigenvalue weighted by atomic mass is 32.1. The minimum Gasteiger partial charge on any atom is -0.476 e. The SMILES string of the molecule is Cc1cc2c(NCCc3nc(C(=O)O)cs3)nccn2n1. The van der Waals surface area contributed by atoms with Gasteiger partial charge in [-0.05, 0) is 13.0 Å². The van der Waals surface area contributed by atoms with Crippen molar-refractivity contribution in [3.63, 3.8) is 0 Å². The summed E-state index contributed by atoms with van der Waals surface area (Å²) >= 11 is 1.35. The topological polar surface area (TPSA) is 92.4 Å². The largest absolute Gasteiger partial charge is 0.476 e. The number of anilines is 1. The van der Waals surface area contributed by atoms with Crippen LogP contribution >= 0.6 is 11.3 Å². The van der Waals surface area contributed by atoms with Crippen LogP contribution < -0.4 is 5.32 Å². The van der Waals surface area contributed by atoms with Crippen molar-refractivity contribution in [2.45, 2.75) is 13.3 Å². The number of aromatic carboxylic acids is 1. The van der Waals surface area contributed by atoms with E-state index in [0.717, 1.165) is 22.0 Å². The standard InChI is InChI=1S/C13H13N5O2S/c1-8-6-10-12(15-4-5-18(10)17-8)14-3-2-11-16-9(7-21-11)13(19)20/h4-7H,2-3H2,1H3,(H,14,15)(H,19,20). The Labute approximate surface area is 124 Å². The molecular formula is C13H13N5O2S. The van der Waals surface area contributed by atoms with E-state index in [-0.39, 0.29) is 5.69 Å². The second kappa shape index (κ2) is 5.49. The number of hydrogen-bond donors (Lipinski definition) is 2. The normalized spacial score (nSPS) is 10.9. The molecule has 0 bridgehead atoms. The van der Waals surface area contributed by atoms with Gasteiger partial charge in [0.05, 0.1) is 10.7 Å². The lowest BCUT2D eigenvalue weighted by molar-refractivity contribution is 0.0691. The summed E-state index contributed by atoms with van der Waals surface area (Å²) < 4.78 is 1.77. The van der Waals surface area contributed by atoms with E-state index >= 15 is 0 Å². The molecule has 0 atom stereocenters. The molecule has 0 aliphatic rings. The van der Waals surface area contributed by atoms with Gasteiger partial charge in [-0.25, -0.2) is 19.3 Å². The van der Waals surface area contributed by atoms with Crippen LogP contribution in [0.3, 0.4) is 0 Å². The van der Waals surface area contributed by atoms with Crippen LogP contribution in [0.4, 0.5) is 5.82 Å². The summed E-state index contributed by atoms with van der Waals surface area (Å²) in [7, 11) is 0. The van der Waals surface area contributed by atoms with Crippen molar-refractivity contribution in [2.75, 3.05) is 11.9 Å². The van der Waals surface area contributed by atoms with Crippen LogP contribution in [-0.2, 0) is 6.42 Å². The molecular weight excluding hydrogens is 290 g/mol. The van der Waals surface area contributed by atoms with E-state index in [1.54, 1.807) is 22.3 Å². The third-order valence-corrected chi connectivity index (χ3v) is 3.82. The molecule has 0 saturated carbocycles. The van der Waals surface area contributed by atoms with Crippen molar-refractivity contribution in [3.05, 3.63) is 40.2 Å². The first-order valence-electron chi connectivity index (χ1n) is 6.36. The molecule has 0 aliphatic carbocycles. The van der Waals surface area contributed by atoms with Gasteiger partial charge < -0.3 is 10.4 Å². The summed E-state index contributed by atoms with van der Waals surface area (Å²) in [6.45, 7) is 2.56. The number of hydrogen-bond acceptors (Lipinski definition) is 6. The van der Waals surface area contributed by atoms with E-state index in [4.69, 9.17) is 5.11 Å². The van der Waals surface area contributed by atoms with Crippen LogP contribution in [0.2, 0.25) is 0 Å². The molecule has 108 valence electrons. The number of carboxylic acid groups (broad SMARTS) is 1. The first-order valence-corrected chi connectivity index (χ1v) is 7.24. The van der Waals surface area contributed by atoms with Gasteiger partial charge in [0.15, 0.2) is 11.5 Å². The number of fused-ring (bicyclic) bond motifs is 1. The molecule has 21 heavy (non-hydrogen) atoms. The molecule has 0 spiro atoms. The fourth-order valence-corrected chi connectivity index (χ4v) is 2.76. The van der Waals surface area contributed by atoms with Crippen LogP contribution in [0.5, 0.6) is 0 Å². The molecule has 0 radical (unpaired) electrons. The predicted octanol–water partition coefficient (Wildman–Crippen LogP) is 1.85. The van der Waals surface area contributed by atoms with E-state index in [1.165, 1.54) is 11.3 Å². The number of carbonyl (C=O) groups is 1. The summed E-state index contributed by atoms with van der Waals surface area (Å²) in [6, 6.07) is 1.96. The Balaban J connectivity index is 1.67. The summed E-state index contributed by atoms with van der Waals surface area (Å²) in [5.41, 5.74) is 1.94. The Morgan fingerprint density at radius 3 is 3.14 bits per heavy atom. The van der Waals surface area contributed by atoms with Crippen molar-refractivity contribution in [2.24, 2.45) is 0 Å². The average molecular weight is 303 g/mol. The van der Waals surface area contributed by atoms with Crippen LogP contribution in [0.15, 0.2) is 23.8 Å². The molecule has 0 amide bonds. The van der Waals surface area contributed by atoms with Crippen molar-refractivity contribution >= 4 is 28.6 Å².